The summed E-state index contributed by atoms with van der Waals surface area (Å²) in [6, 6.07) is 1.21. The zero-order valence-corrected chi connectivity index (χ0v) is 7.81. The molecule has 6 heteroatoms. The first kappa shape index (κ1) is 17.7. The molecule has 1 aliphatic heterocycles. The van der Waals surface area contributed by atoms with Crippen molar-refractivity contribution in [3.8, 4) is 0 Å². The van der Waals surface area contributed by atoms with Gasteiger partial charge in [0.1, 0.15) is 0 Å². The fourth-order valence-corrected chi connectivity index (χ4v) is 1.33. The van der Waals surface area contributed by atoms with Gasteiger partial charge in [0, 0.05) is 19.1 Å². The summed E-state index contributed by atoms with van der Waals surface area (Å²) in [6.45, 7) is 4.38. The van der Waals surface area contributed by atoms with Crippen LogP contribution >= 0.6 is 0 Å². The van der Waals surface area contributed by atoms with Crippen molar-refractivity contribution in [1.29, 1.82) is 0 Å². The van der Waals surface area contributed by atoms with Crippen molar-refractivity contribution < 1.29 is 16.4 Å². The van der Waals surface area contributed by atoms with Crippen LogP contribution in [0.15, 0.2) is 0 Å². The summed E-state index contributed by atoms with van der Waals surface area (Å²) in [6.07, 6.45) is 1.20. The van der Waals surface area contributed by atoms with Gasteiger partial charge in [0.25, 0.3) is 0 Å². The maximum Gasteiger partial charge on any atom is 0.0215 e. The summed E-state index contributed by atoms with van der Waals surface area (Å²) in [5.74, 6) is 0. The van der Waals surface area contributed by atoms with Crippen LogP contribution in [0.4, 0.5) is 0 Å². The van der Waals surface area contributed by atoms with E-state index in [1.165, 1.54) is 6.42 Å². The molecule has 0 saturated carbocycles. The molecule has 1 rings (SSSR count). The molecule has 2 atom stereocenters. The van der Waals surface area contributed by atoms with E-state index in [4.69, 9.17) is 0 Å². The minimum atomic E-state index is 0. The van der Waals surface area contributed by atoms with Gasteiger partial charge in [-0.2, -0.15) is 5.12 Å². The van der Waals surface area contributed by atoms with Crippen LogP contribution in [-0.4, -0.2) is 40.7 Å². The molecule has 0 aliphatic carbocycles. The summed E-state index contributed by atoms with van der Waals surface area (Å²) in [5, 5.41) is 1.93. The van der Waals surface area contributed by atoms with Gasteiger partial charge in [-0.05, 0) is 20.3 Å². The van der Waals surface area contributed by atoms with Crippen LogP contribution in [0, 0.1) is 0 Å². The van der Waals surface area contributed by atoms with E-state index < -0.39 is 0 Å². The Hall–Kier alpha value is -0.240. The predicted octanol–water partition coefficient (Wildman–Crippen LogP) is -2.37. The largest absolute Gasteiger partial charge is 0.412 e. The lowest BCUT2D eigenvalue weighted by Gasteiger charge is -2.34. The zero-order valence-electron chi connectivity index (χ0n) is 7.81. The maximum absolute atomic E-state index is 3.23. The number of hydrazine groups is 2. The first-order chi connectivity index (χ1) is 4.18. The Kier molecular flexibility index (Phi) is 11.0. The fourth-order valence-electron chi connectivity index (χ4n) is 1.33. The fraction of sp³-hybridized carbons (Fsp3) is 1.00. The average molecular weight is 183 g/mol. The topological polar surface area (TPSA) is 122 Å². The van der Waals surface area contributed by atoms with Gasteiger partial charge in [0.05, 0.1) is 0 Å². The van der Waals surface area contributed by atoms with E-state index >= 15 is 0 Å². The molecule has 0 aromatic carbocycles. The third kappa shape index (κ3) is 5.42. The average Bonchev–Trinajstić information content (AvgIpc) is 1.59. The summed E-state index contributed by atoms with van der Waals surface area (Å²) < 4.78 is 0. The number of nitrogens with zero attached hydrogens (tertiary/aromatic N) is 1. The van der Waals surface area contributed by atoms with Crippen molar-refractivity contribution in [2.45, 2.75) is 32.4 Å². The lowest BCUT2D eigenvalue weighted by Crippen LogP contribution is -2.58. The first-order valence-corrected chi connectivity index (χ1v) is 3.44. The molecule has 0 bridgehead atoms. The molecule has 1 aliphatic rings. The quantitative estimate of drug-likeness (QED) is 0.436. The Morgan fingerprint density at radius 1 is 1.00 bits per heavy atom. The Balaban J connectivity index is -0.000000270. The number of nitrogens with one attached hydrogen (secondary N) is 2. The summed E-state index contributed by atoms with van der Waals surface area (Å²) in [5.41, 5.74) is 6.46. The molecule has 8 N–H and O–H groups in total. The highest BCUT2D eigenvalue weighted by atomic mass is 16.0. The molecule has 0 aromatic rings. The van der Waals surface area contributed by atoms with Gasteiger partial charge in [-0.1, -0.05) is 0 Å². The number of hydrogen-bond acceptors (Lipinski definition) is 3. The number of rotatable bonds is 0. The van der Waals surface area contributed by atoms with Gasteiger partial charge in [0.2, 0.25) is 0 Å². The molecule has 0 radical (unpaired) electrons. The van der Waals surface area contributed by atoms with Crippen LogP contribution < -0.4 is 10.9 Å². The van der Waals surface area contributed by atoms with Crippen LogP contribution in [0.1, 0.15) is 20.3 Å². The maximum atomic E-state index is 3.23. The van der Waals surface area contributed by atoms with Gasteiger partial charge in [-0.25, -0.2) is 10.9 Å². The molecule has 12 heavy (non-hydrogen) atoms. The third-order valence-corrected chi connectivity index (χ3v) is 1.54. The lowest BCUT2D eigenvalue weighted by molar-refractivity contribution is 0.0610. The molecule has 1 saturated heterocycles. The Labute approximate surface area is 72.8 Å². The lowest BCUT2D eigenvalue weighted by atomic mass is 10.1. The van der Waals surface area contributed by atoms with E-state index in [9.17, 15) is 0 Å². The second-order valence-electron chi connectivity index (χ2n) is 2.86. The summed E-state index contributed by atoms with van der Waals surface area (Å²) in [7, 11) is 1.99. The van der Waals surface area contributed by atoms with Gasteiger partial charge in [0.15, 0.2) is 0 Å². The molecule has 2 unspecified atom stereocenters. The molecule has 1 heterocycles. The van der Waals surface area contributed by atoms with Crippen LogP contribution in [0.25, 0.3) is 0 Å². The molecular formula is C6H21N3O3. The molecule has 78 valence electrons. The van der Waals surface area contributed by atoms with E-state index in [0.717, 1.165) is 0 Å². The van der Waals surface area contributed by atoms with Crippen molar-refractivity contribution in [2.75, 3.05) is 7.05 Å². The smallest absolute Gasteiger partial charge is 0.0215 e. The van der Waals surface area contributed by atoms with Crippen molar-refractivity contribution in [1.82, 2.24) is 16.0 Å². The van der Waals surface area contributed by atoms with Gasteiger partial charge < -0.3 is 16.4 Å². The van der Waals surface area contributed by atoms with Gasteiger partial charge >= 0.3 is 0 Å². The van der Waals surface area contributed by atoms with E-state index in [1.54, 1.807) is 0 Å². The highest BCUT2D eigenvalue weighted by Gasteiger charge is 2.16. The Morgan fingerprint density at radius 3 is 1.58 bits per heavy atom. The summed E-state index contributed by atoms with van der Waals surface area (Å²) >= 11 is 0. The van der Waals surface area contributed by atoms with E-state index in [2.05, 4.69) is 24.7 Å². The Morgan fingerprint density at radius 2 is 1.33 bits per heavy atom. The minimum Gasteiger partial charge on any atom is -0.412 e. The molecule has 6 nitrogen and oxygen atoms in total. The first-order valence-electron chi connectivity index (χ1n) is 3.44. The van der Waals surface area contributed by atoms with Crippen LogP contribution in [-0.2, 0) is 0 Å². The minimum absolute atomic E-state index is 0. The molecule has 1 fully saturated rings. The Bertz CT molecular complexity index is 79.0. The highest BCUT2D eigenvalue weighted by molar-refractivity contribution is 4.70. The number of hydrogen-bond donors (Lipinski definition) is 2. The van der Waals surface area contributed by atoms with Gasteiger partial charge in [-0.15, -0.1) is 0 Å². The van der Waals surface area contributed by atoms with Crippen molar-refractivity contribution in [3.63, 3.8) is 0 Å². The molecule has 0 amide bonds. The molecule has 0 spiro atoms. The highest BCUT2D eigenvalue weighted by Crippen LogP contribution is 2.01. The standard InChI is InChI=1S/C6H15N3.3H2O/c1-5-4-6(2)8-9(3)7-5;;;/h5-8H,4H2,1-3H3;3*1H2. The van der Waals surface area contributed by atoms with Crippen LogP contribution in [0.3, 0.4) is 0 Å². The van der Waals surface area contributed by atoms with Gasteiger partial charge in [-0.3, -0.25) is 0 Å². The van der Waals surface area contributed by atoms with E-state index in [-0.39, 0.29) is 16.4 Å². The third-order valence-electron chi connectivity index (χ3n) is 1.54. The van der Waals surface area contributed by atoms with Crippen molar-refractivity contribution >= 4 is 0 Å². The van der Waals surface area contributed by atoms with E-state index in [1.807, 2.05) is 12.2 Å². The van der Waals surface area contributed by atoms with Crippen LogP contribution in [0.5, 0.6) is 0 Å². The predicted molar refractivity (Wildman–Crippen MR) is 48.4 cm³/mol. The molecular weight excluding hydrogens is 162 g/mol. The van der Waals surface area contributed by atoms with Crippen molar-refractivity contribution in [3.05, 3.63) is 0 Å². The monoisotopic (exact) mass is 183 g/mol. The van der Waals surface area contributed by atoms with E-state index in [0.29, 0.717) is 12.1 Å². The second kappa shape index (κ2) is 7.41. The SMILES string of the molecule is CC1CC(C)NN(C)N1.O.O.O. The molecule has 0 aromatic heterocycles. The normalized spacial score (nSPS) is 29.2. The second-order valence-corrected chi connectivity index (χ2v) is 2.86. The van der Waals surface area contributed by atoms with Crippen LogP contribution in [0.2, 0.25) is 0 Å². The summed E-state index contributed by atoms with van der Waals surface area (Å²) in [4.78, 5) is 0. The van der Waals surface area contributed by atoms with Crippen molar-refractivity contribution in [2.24, 2.45) is 0 Å². The zero-order chi connectivity index (χ0) is 6.85.